The molecule has 3 atom stereocenters. The van der Waals surface area contributed by atoms with Crippen LogP contribution in [0.3, 0.4) is 0 Å². The summed E-state index contributed by atoms with van der Waals surface area (Å²) in [6.45, 7) is 13.3. The molecule has 0 bridgehead atoms. The van der Waals surface area contributed by atoms with Crippen LogP contribution in [-0.2, 0) is 30.5 Å². The van der Waals surface area contributed by atoms with E-state index in [0.717, 1.165) is 11.1 Å². The van der Waals surface area contributed by atoms with Crippen molar-refractivity contribution in [1.82, 2.24) is 20.4 Å². The summed E-state index contributed by atoms with van der Waals surface area (Å²) in [4.78, 5) is 58.0. The van der Waals surface area contributed by atoms with E-state index in [-0.39, 0.29) is 43.4 Å². The third-order valence-corrected chi connectivity index (χ3v) is 8.84. The number of hydrogen-bond donors (Lipinski definition) is 2. The summed E-state index contributed by atoms with van der Waals surface area (Å²) < 4.78 is 25.3. The van der Waals surface area contributed by atoms with Crippen LogP contribution < -0.4 is 10.6 Å². The van der Waals surface area contributed by atoms with Crippen molar-refractivity contribution in [1.29, 1.82) is 0 Å². The molecule has 2 aromatic carbocycles. The van der Waals surface area contributed by atoms with Gasteiger partial charge in [0.15, 0.2) is 5.60 Å². The van der Waals surface area contributed by atoms with Crippen LogP contribution in [0.15, 0.2) is 54.6 Å². The van der Waals surface area contributed by atoms with Crippen LogP contribution in [0.4, 0.5) is 9.18 Å². The Morgan fingerprint density at radius 1 is 1.02 bits per heavy atom. The summed E-state index contributed by atoms with van der Waals surface area (Å²) in [6.07, 6.45) is 0.389. The molecule has 47 heavy (non-hydrogen) atoms. The Hall–Kier alpha value is -3.99. The highest BCUT2D eigenvalue weighted by atomic mass is 19.1. The number of ether oxygens (including phenoxy) is 2. The minimum Gasteiger partial charge on any atom is -0.433 e. The van der Waals surface area contributed by atoms with Gasteiger partial charge in [-0.2, -0.15) is 0 Å². The van der Waals surface area contributed by atoms with E-state index in [4.69, 9.17) is 9.47 Å². The van der Waals surface area contributed by atoms with Crippen LogP contribution in [0.1, 0.15) is 78.4 Å². The Morgan fingerprint density at radius 3 is 2.30 bits per heavy atom. The van der Waals surface area contributed by atoms with Gasteiger partial charge in [0.25, 0.3) is 5.91 Å². The van der Waals surface area contributed by atoms with E-state index in [1.165, 1.54) is 26.0 Å². The van der Waals surface area contributed by atoms with Crippen LogP contribution in [-0.4, -0.2) is 83.1 Å². The number of halogens is 1. The van der Waals surface area contributed by atoms with E-state index < -0.39 is 40.5 Å². The molecule has 4 amide bonds. The monoisotopic (exact) mass is 652 g/mol. The fourth-order valence-electron chi connectivity index (χ4n) is 6.39. The van der Waals surface area contributed by atoms with Gasteiger partial charge in [-0.1, -0.05) is 42.5 Å². The fourth-order valence-corrected chi connectivity index (χ4v) is 6.39. The second kappa shape index (κ2) is 14.4. The highest BCUT2D eigenvalue weighted by Gasteiger charge is 2.57. The molecule has 10 nitrogen and oxygen atoms in total. The Balaban J connectivity index is 1.58. The molecular weight excluding hydrogens is 603 g/mol. The molecule has 4 rings (SSSR count). The largest absolute Gasteiger partial charge is 0.433 e. The smallest absolute Gasteiger partial charge is 0.408 e. The van der Waals surface area contributed by atoms with Gasteiger partial charge in [0.1, 0.15) is 11.9 Å². The number of nitrogens with one attached hydrogen (secondary N) is 2. The molecule has 11 heteroatoms. The van der Waals surface area contributed by atoms with Gasteiger partial charge in [-0.15, -0.1) is 0 Å². The number of piperidine rings is 1. The van der Waals surface area contributed by atoms with E-state index in [1.807, 2.05) is 49.1 Å². The van der Waals surface area contributed by atoms with Gasteiger partial charge in [-0.3, -0.25) is 14.4 Å². The topological polar surface area (TPSA) is 117 Å². The Labute approximate surface area is 277 Å². The molecule has 2 saturated heterocycles. The van der Waals surface area contributed by atoms with Crippen LogP contribution in [0.25, 0.3) is 0 Å². The van der Waals surface area contributed by atoms with E-state index in [0.29, 0.717) is 25.9 Å². The molecule has 0 aromatic heterocycles. The van der Waals surface area contributed by atoms with E-state index in [2.05, 4.69) is 10.6 Å². The number of hydrogen-bond acceptors (Lipinski definition) is 6. The van der Waals surface area contributed by atoms with Crippen LogP contribution in [0, 0.1) is 11.2 Å². The predicted octanol–water partition coefficient (Wildman–Crippen LogP) is 4.77. The summed E-state index contributed by atoms with van der Waals surface area (Å²) in [7, 11) is 0. The average molecular weight is 653 g/mol. The second-order valence-electron chi connectivity index (χ2n) is 14.5. The Kier molecular flexibility index (Phi) is 11.0. The lowest BCUT2D eigenvalue weighted by molar-refractivity contribution is -0.149. The highest BCUT2D eigenvalue weighted by molar-refractivity contribution is 5.93. The molecule has 0 saturated carbocycles. The van der Waals surface area contributed by atoms with Gasteiger partial charge in [-0.05, 0) is 84.6 Å². The molecule has 2 aromatic rings. The maximum absolute atomic E-state index is 14.3. The maximum Gasteiger partial charge on any atom is 0.408 e. The Morgan fingerprint density at radius 2 is 1.68 bits per heavy atom. The lowest BCUT2D eigenvalue weighted by Gasteiger charge is -2.43. The number of amides is 4. The number of rotatable bonds is 10. The van der Waals surface area contributed by atoms with Gasteiger partial charge >= 0.3 is 6.09 Å². The number of alkyl carbamates (subject to hydrolysis) is 1. The molecular formula is C36H49FN4O6. The molecule has 0 radical (unpaired) electrons. The lowest BCUT2D eigenvalue weighted by Crippen LogP contribution is -2.60. The molecule has 2 aliphatic rings. The number of likely N-dealkylation sites (tertiary alicyclic amines) is 2. The number of nitrogens with zero attached hydrogens (tertiary/aromatic N) is 2. The van der Waals surface area contributed by atoms with Crippen LogP contribution in [0.2, 0.25) is 0 Å². The lowest BCUT2D eigenvalue weighted by atomic mass is 9.69. The van der Waals surface area contributed by atoms with E-state index in [1.54, 1.807) is 37.8 Å². The summed E-state index contributed by atoms with van der Waals surface area (Å²) in [5.74, 6) is -1.69. The second-order valence-corrected chi connectivity index (χ2v) is 14.5. The third kappa shape index (κ3) is 8.68. The first-order chi connectivity index (χ1) is 22.0. The average Bonchev–Trinajstić information content (AvgIpc) is 3.26. The number of benzene rings is 2. The predicted molar refractivity (Wildman–Crippen MR) is 176 cm³/mol. The van der Waals surface area contributed by atoms with Crippen molar-refractivity contribution >= 4 is 23.8 Å². The zero-order valence-corrected chi connectivity index (χ0v) is 28.6. The summed E-state index contributed by atoms with van der Waals surface area (Å²) >= 11 is 0. The van der Waals surface area contributed by atoms with Crippen molar-refractivity contribution in [2.45, 2.75) is 97.1 Å². The number of carbonyl (C=O) groups is 4. The minimum absolute atomic E-state index is 0.0281. The normalized spacial score (nSPS) is 20.8. The summed E-state index contributed by atoms with van der Waals surface area (Å²) in [5, 5.41) is 5.45. The standard InChI is InChI=1S/C36H49FN4O6/c1-24(2)41-20-28(26-14-16-27(37)17-15-26)36(32(41)44)18-11-19-40(23-36)30(42)29(22-46-21-25-12-9-8-10-13-25)38-31(43)35(6,7)47-33(45)39-34(3,4)5/h8-10,12-17,24,28-29H,11,18-23H2,1-7H3,(H,38,43)(H,39,45)/t28?,29-,36?/m1/s1. The third-order valence-electron chi connectivity index (χ3n) is 8.84. The zero-order chi connectivity index (χ0) is 34.6. The molecule has 2 heterocycles. The van der Waals surface area contributed by atoms with Crippen molar-refractivity contribution in [3.8, 4) is 0 Å². The molecule has 0 aliphatic carbocycles. The van der Waals surface area contributed by atoms with Crippen molar-refractivity contribution < 1.29 is 33.0 Å². The zero-order valence-electron chi connectivity index (χ0n) is 28.6. The Bertz CT molecular complexity index is 1430. The molecule has 2 aliphatic heterocycles. The first kappa shape index (κ1) is 35.9. The molecule has 2 fully saturated rings. The highest BCUT2D eigenvalue weighted by Crippen LogP contribution is 2.50. The maximum atomic E-state index is 14.3. The first-order valence-electron chi connectivity index (χ1n) is 16.3. The minimum atomic E-state index is -1.61. The van der Waals surface area contributed by atoms with Gasteiger partial charge in [0.2, 0.25) is 11.8 Å². The molecule has 2 unspecified atom stereocenters. The van der Waals surface area contributed by atoms with Crippen LogP contribution in [0.5, 0.6) is 0 Å². The molecule has 2 N–H and O–H groups in total. The first-order valence-corrected chi connectivity index (χ1v) is 16.3. The molecule has 256 valence electrons. The summed E-state index contributed by atoms with van der Waals surface area (Å²) in [5.41, 5.74) is -1.34. The van der Waals surface area contributed by atoms with Crippen molar-refractivity contribution in [3.05, 3.63) is 71.5 Å². The molecule has 1 spiro atoms. The van der Waals surface area contributed by atoms with E-state index >= 15 is 0 Å². The van der Waals surface area contributed by atoms with Gasteiger partial charge in [0, 0.05) is 37.1 Å². The van der Waals surface area contributed by atoms with Crippen molar-refractivity contribution in [3.63, 3.8) is 0 Å². The van der Waals surface area contributed by atoms with Crippen molar-refractivity contribution in [2.75, 3.05) is 26.2 Å². The summed E-state index contributed by atoms with van der Waals surface area (Å²) in [6, 6.07) is 14.5. The fraction of sp³-hybridized carbons (Fsp3) is 0.556. The van der Waals surface area contributed by atoms with Crippen molar-refractivity contribution in [2.24, 2.45) is 5.41 Å². The van der Waals surface area contributed by atoms with E-state index in [9.17, 15) is 23.6 Å². The van der Waals surface area contributed by atoms with Gasteiger partial charge in [-0.25, -0.2) is 9.18 Å². The number of carbonyl (C=O) groups excluding carboxylic acids is 4. The SMILES string of the molecule is CC(C)N1CC(c2ccc(F)cc2)C2(CCCN(C(=O)[C@@H](COCc3ccccc3)NC(=O)C(C)(C)OC(=O)NC(C)(C)C)C2)C1=O. The van der Waals surface area contributed by atoms with Crippen LogP contribution >= 0.6 is 0 Å². The van der Waals surface area contributed by atoms with Gasteiger partial charge in [0.05, 0.1) is 18.6 Å². The quantitative estimate of drug-likeness (QED) is 0.382. The van der Waals surface area contributed by atoms with Gasteiger partial charge < -0.3 is 29.9 Å².